The summed E-state index contributed by atoms with van der Waals surface area (Å²) in [5, 5.41) is 2.45. The van der Waals surface area contributed by atoms with Crippen LogP contribution in [0.25, 0.3) is 10.8 Å². The summed E-state index contributed by atoms with van der Waals surface area (Å²) in [6.45, 7) is 4.10. The predicted molar refractivity (Wildman–Crippen MR) is 111 cm³/mol. The van der Waals surface area contributed by atoms with E-state index in [-0.39, 0.29) is 0 Å². The Bertz CT molecular complexity index is 1040. The van der Waals surface area contributed by atoms with E-state index in [4.69, 9.17) is 4.18 Å². The van der Waals surface area contributed by atoms with Crippen LogP contribution in [0.4, 0.5) is 0 Å². The lowest BCUT2D eigenvalue weighted by atomic mass is 9.90. The van der Waals surface area contributed by atoms with Gasteiger partial charge in [-0.05, 0) is 54.0 Å². The zero-order chi connectivity index (χ0) is 20.1. The monoisotopic (exact) mass is 397 g/mol. The quantitative estimate of drug-likeness (QED) is 0.364. The molecule has 1 unspecified atom stereocenters. The summed E-state index contributed by atoms with van der Waals surface area (Å²) >= 11 is 0. The van der Waals surface area contributed by atoms with Crippen molar-refractivity contribution in [3.05, 3.63) is 83.4 Å². The molecule has 0 saturated heterocycles. The molecule has 2 atom stereocenters. The minimum absolute atomic E-state index is 0.313. The molecule has 0 N–H and O–H groups in total. The van der Waals surface area contributed by atoms with Crippen LogP contribution in [0.3, 0.4) is 0 Å². The van der Waals surface area contributed by atoms with Crippen molar-refractivity contribution in [3.63, 3.8) is 0 Å². The molecule has 0 spiro atoms. The lowest BCUT2D eigenvalue weighted by molar-refractivity contribution is 0.167. The van der Waals surface area contributed by atoms with Gasteiger partial charge in [0, 0.05) is 0 Å². The topological polar surface area (TPSA) is 66.4 Å². The Hall–Kier alpha value is -2.21. The molecule has 28 heavy (non-hydrogen) atoms. The second kappa shape index (κ2) is 8.86. The summed E-state index contributed by atoms with van der Waals surface area (Å²) in [6.07, 6.45) is 1.35. The number of hydrogen-bond acceptors (Lipinski definition) is 4. The van der Waals surface area contributed by atoms with Crippen molar-refractivity contribution < 1.29 is 17.2 Å². The van der Waals surface area contributed by atoms with Crippen LogP contribution < -0.4 is 0 Å². The van der Waals surface area contributed by atoms with Crippen molar-refractivity contribution in [2.45, 2.75) is 45.1 Å². The molecule has 0 aliphatic heterocycles. The number of aryl methyl sites for hydroxylation is 1. The van der Waals surface area contributed by atoms with Gasteiger partial charge in [0.15, 0.2) is 0 Å². The fourth-order valence-electron chi connectivity index (χ4n) is 3.73. The van der Waals surface area contributed by atoms with Gasteiger partial charge in [0.25, 0.3) is 0 Å². The maximum absolute atomic E-state index is 11.2. The van der Waals surface area contributed by atoms with Crippen LogP contribution in [-0.4, -0.2) is 13.0 Å². The van der Waals surface area contributed by atoms with Gasteiger partial charge in [-0.25, -0.2) is 8.42 Å². The highest BCUT2D eigenvalue weighted by Gasteiger charge is 2.17. The molecule has 3 aromatic rings. The molecule has 0 saturated carbocycles. The summed E-state index contributed by atoms with van der Waals surface area (Å²) in [7, 11) is -4.77. The first-order chi connectivity index (χ1) is 13.3. The van der Waals surface area contributed by atoms with Gasteiger partial charge in [0.05, 0.1) is 0 Å². The Balaban J connectivity index is 1.71. The first-order valence-corrected chi connectivity index (χ1v) is 10.8. The highest BCUT2D eigenvalue weighted by atomic mass is 32.3. The Labute approximate surface area is 167 Å². The predicted octanol–water partition coefficient (Wildman–Crippen LogP) is 5.64. The Morgan fingerprint density at radius 1 is 0.964 bits per heavy atom. The molecule has 0 heterocycles. The standard InChI is InChI=1S/C23H26O4S/c1-17-8-5-12-20(16-17)23(27-28(24,25)26)15-6-9-18(2)21-14-7-11-19-10-3-4-13-22(19)21/h3-5,7-8,10-14,16,18,23H,6,9,15H2,1-2H3,(H,24,25,26)/p-1/t18-,23?/m0/s1. The molecule has 0 aliphatic carbocycles. The van der Waals surface area contributed by atoms with Crippen molar-refractivity contribution >= 4 is 21.2 Å². The van der Waals surface area contributed by atoms with Crippen molar-refractivity contribution in [3.8, 4) is 0 Å². The van der Waals surface area contributed by atoms with Gasteiger partial charge in [0.1, 0.15) is 6.10 Å². The average Bonchev–Trinajstić information content (AvgIpc) is 2.65. The van der Waals surface area contributed by atoms with Gasteiger partial charge >= 0.3 is 0 Å². The molecule has 5 heteroatoms. The van der Waals surface area contributed by atoms with E-state index in [1.165, 1.54) is 16.3 Å². The van der Waals surface area contributed by atoms with Crippen LogP contribution >= 0.6 is 0 Å². The summed E-state index contributed by atoms with van der Waals surface area (Å²) in [5.74, 6) is 0.313. The molecule has 0 amide bonds. The van der Waals surface area contributed by atoms with Crippen molar-refractivity contribution in [2.75, 3.05) is 0 Å². The van der Waals surface area contributed by atoms with E-state index in [0.29, 0.717) is 12.3 Å². The third-order valence-corrected chi connectivity index (χ3v) is 5.57. The minimum Gasteiger partial charge on any atom is -0.726 e. The fourth-order valence-corrected chi connectivity index (χ4v) is 4.22. The zero-order valence-corrected chi connectivity index (χ0v) is 17.0. The number of hydrogen-bond donors (Lipinski definition) is 0. The van der Waals surface area contributed by atoms with Crippen LogP contribution in [0.15, 0.2) is 66.7 Å². The normalized spacial score (nSPS) is 14.1. The fraction of sp³-hybridized carbons (Fsp3) is 0.304. The van der Waals surface area contributed by atoms with E-state index in [0.717, 1.165) is 24.0 Å². The van der Waals surface area contributed by atoms with Gasteiger partial charge in [-0.2, -0.15) is 0 Å². The molecule has 0 bridgehead atoms. The van der Waals surface area contributed by atoms with Crippen LogP contribution in [0.2, 0.25) is 0 Å². The molecule has 0 aliphatic rings. The van der Waals surface area contributed by atoms with Gasteiger partial charge in [-0.3, -0.25) is 4.18 Å². The molecule has 148 valence electrons. The Morgan fingerprint density at radius 2 is 1.68 bits per heavy atom. The Kier molecular flexibility index (Phi) is 6.50. The highest BCUT2D eigenvalue weighted by molar-refractivity contribution is 7.80. The van der Waals surface area contributed by atoms with Crippen molar-refractivity contribution in [1.82, 2.24) is 0 Å². The van der Waals surface area contributed by atoms with Crippen LogP contribution in [0, 0.1) is 6.92 Å². The maximum Gasteiger partial charge on any atom is 0.218 e. The smallest absolute Gasteiger partial charge is 0.218 e. The van der Waals surface area contributed by atoms with Crippen molar-refractivity contribution in [1.29, 1.82) is 0 Å². The van der Waals surface area contributed by atoms with Crippen LogP contribution in [0.5, 0.6) is 0 Å². The van der Waals surface area contributed by atoms with Gasteiger partial charge in [-0.1, -0.05) is 79.2 Å². The summed E-state index contributed by atoms with van der Waals surface area (Å²) < 4.78 is 38.4. The summed E-state index contributed by atoms with van der Waals surface area (Å²) in [5.41, 5.74) is 3.00. The van der Waals surface area contributed by atoms with Gasteiger partial charge in [0.2, 0.25) is 10.4 Å². The lowest BCUT2D eigenvalue weighted by Crippen LogP contribution is -2.12. The third-order valence-electron chi connectivity index (χ3n) is 5.11. The minimum atomic E-state index is -4.77. The first kappa shape index (κ1) is 20.5. The summed E-state index contributed by atoms with van der Waals surface area (Å²) in [4.78, 5) is 0. The Morgan fingerprint density at radius 3 is 2.43 bits per heavy atom. The van der Waals surface area contributed by atoms with E-state index in [1.807, 2.05) is 37.3 Å². The van der Waals surface area contributed by atoms with Gasteiger partial charge in [-0.15, -0.1) is 0 Å². The molecule has 3 rings (SSSR count). The molecular weight excluding hydrogens is 372 g/mol. The lowest BCUT2D eigenvalue weighted by Gasteiger charge is -2.21. The molecule has 3 aromatic carbocycles. The average molecular weight is 398 g/mol. The van der Waals surface area contributed by atoms with E-state index in [2.05, 4.69) is 37.3 Å². The number of fused-ring (bicyclic) bond motifs is 1. The second-order valence-corrected chi connectivity index (χ2v) is 8.32. The zero-order valence-electron chi connectivity index (χ0n) is 16.2. The van der Waals surface area contributed by atoms with E-state index in [1.54, 1.807) is 6.07 Å². The molecule has 4 nitrogen and oxygen atoms in total. The SMILES string of the molecule is Cc1cccc(C(CCC[C@H](C)c2cccc3ccccc23)OS(=O)(=O)[O-])c1. The van der Waals surface area contributed by atoms with E-state index >= 15 is 0 Å². The van der Waals surface area contributed by atoms with Crippen molar-refractivity contribution in [2.24, 2.45) is 0 Å². The van der Waals surface area contributed by atoms with E-state index < -0.39 is 16.5 Å². The molecule has 0 fully saturated rings. The van der Waals surface area contributed by atoms with Crippen LogP contribution in [-0.2, 0) is 14.6 Å². The largest absolute Gasteiger partial charge is 0.726 e. The number of benzene rings is 3. The highest BCUT2D eigenvalue weighted by Crippen LogP contribution is 2.32. The third kappa shape index (κ3) is 5.41. The first-order valence-electron chi connectivity index (χ1n) is 9.52. The number of rotatable bonds is 8. The maximum atomic E-state index is 11.2. The van der Waals surface area contributed by atoms with Crippen LogP contribution in [0.1, 0.15) is 54.9 Å². The van der Waals surface area contributed by atoms with Gasteiger partial charge < -0.3 is 4.55 Å². The van der Waals surface area contributed by atoms with E-state index in [9.17, 15) is 13.0 Å². The summed E-state index contributed by atoms with van der Waals surface area (Å²) in [6, 6.07) is 22.1. The molecular formula is C23H25O4S-. The molecule has 0 radical (unpaired) electrons. The second-order valence-electron chi connectivity index (χ2n) is 7.31. The molecule has 0 aromatic heterocycles.